The number of benzene rings is 2. The summed E-state index contributed by atoms with van der Waals surface area (Å²) in [6, 6.07) is 13.3. The molecule has 27 heavy (non-hydrogen) atoms. The van der Waals surface area contributed by atoms with Gasteiger partial charge in [0.2, 0.25) is 0 Å². The van der Waals surface area contributed by atoms with Crippen molar-refractivity contribution >= 4 is 18.1 Å². The van der Waals surface area contributed by atoms with Crippen molar-refractivity contribution in [2.24, 2.45) is 5.10 Å². The molecule has 0 aliphatic carbocycles. The van der Waals surface area contributed by atoms with E-state index in [1.807, 2.05) is 0 Å². The number of hydrazone groups is 1. The average molecular weight is 366 g/mol. The lowest BCUT2D eigenvalue weighted by molar-refractivity contribution is 0.0734. The van der Waals surface area contributed by atoms with Crippen molar-refractivity contribution in [2.45, 2.75) is 6.92 Å². The van der Waals surface area contributed by atoms with Gasteiger partial charge >= 0.3 is 5.97 Å². The molecule has 1 aromatic heterocycles. The van der Waals surface area contributed by atoms with Crippen LogP contribution in [-0.4, -0.2) is 28.3 Å². The topological polar surface area (TPSA) is 96.4 Å². The molecule has 0 aliphatic rings. The first kappa shape index (κ1) is 18.0. The average Bonchev–Trinajstić information content (AvgIpc) is 3.09. The summed E-state index contributed by atoms with van der Waals surface area (Å²) in [6.07, 6.45) is 1.44. The molecule has 1 amide bonds. The Morgan fingerprint density at radius 2 is 1.96 bits per heavy atom. The maximum Gasteiger partial charge on any atom is 0.343 e. The highest BCUT2D eigenvalue weighted by Crippen LogP contribution is 2.14. The van der Waals surface area contributed by atoms with E-state index in [1.165, 1.54) is 24.4 Å². The quantitative estimate of drug-likeness (QED) is 0.314. The summed E-state index contributed by atoms with van der Waals surface area (Å²) in [5, 5.41) is 10.3. The standard InChI is InChI=1S/C19H15FN4O3/c1-12-9-17(23-22-12)18(25)24-21-11-13-5-7-16(8-6-13)27-19(26)14-3-2-4-15(20)10-14/h2-11H,1H3,(H,22,23)(H,24,25)/b21-11-. The number of nitrogens with one attached hydrogen (secondary N) is 2. The lowest BCUT2D eigenvalue weighted by atomic mass is 10.2. The molecule has 0 aliphatic heterocycles. The second kappa shape index (κ2) is 8.05. The third-order valence-corrected chi connectivity index (χ3v) is 3.47. The van der Waals surface area contributed by atoms with Gasteiger partial charge in [0.15, 0.2) is 5.69 Å². The molecule has 3 aromatic rings. The van der Waals surface area contributed by atoms with Crippen molar-refractivity contribution in [3.8, 4) is 5.75 Å². The molecule has 3 rings (SSSR count). The normalized spacial score (nSPS) is 10.7. The number of amides is 1. The Bertz CT molecular complexity index is 996. The van der Waals surface area contributed by atoms with Gasteiger partial charge in [-0.05, 0) is 61.0 Å². The largest absolute Gasteiger partial charge is 0.423 e. The summed E-state index contributed by atoms with van der Waals surface area (Å²) in [6.45, 7) is 1.79. The van der Waals surface area contributed by atoms with E-state index in [4.69, 9.17) is 4.74 Å². The number of aromatic amines is 1. The molecular weight excluding hydrogens is 351 g/mol. The Hall–Kier alpha value is -3.81. The van der Waals surface area contributed by atoms with E-state index in [1.54, 1.807) is 37.3 Å². The molecule has 7 nitrogen and oxygen atoms in total. The third-order valence-electron chi connectivity index (χ3n) is 3.47. The predicted molar refractivity (Wildman–Crippen MR) is 96.2 cm³/mol. The number of carbonyl (C=O) groups is 2. The summed E-state index contributed by atoms with van der Waals surface area (Å²) < 4.78 is 18.3. The van der Waals surface area contributed by atoms with Crippen LogP contribution in [0.25, 0.3) is 0 Å². The molecule has 0 atom stereocenters. The Kier molecular flexibility index (Phi) is 5.36. The van der Waals surface area contributed by atoms with Crippen LogP contribution in [-0.2, 0) is 0 Å². The van der Waals surface area contributed by atoms with Crippen molar-refractivity contribution in [3.63, 3.8) is 0 Å². The van der Waals surface area contributed by atoms with Crippen molar-refractivity contribution in [1.29, 1.82) is 0 Å². The molecule has 2 aromatic carbocycles. The Morgan fingerprint density at radius 1 is 1.19 bits per heavy atom. The van der Waals surface area contributed by atoms with Crippen molar-refractivity contribution in [3.05, 3.63) is 82.9 Å². The van der Waals surface area contributed by atoms with Gasteiger partial charge in [-0.2, -0.15) is 10.2 Å². The Labute approximate surface area is 153 Å². The maximum atomic E-state index is 13.1. The van der Waals surface area contributed by atoms with E-state index >= 15 is 0 Å². The summed E-state index contributed by atoms with van der Waals surface area (Å²) in [7, 11) is 0. The lowest BCUT2D eigenvalue weighted by Crippen LogP contribution is -2.18. The van der Waals surface area contributed by atoms with Gasteiger partial charge in [-0.3, -0.25) is 9.89 Å². The van der Waals surface area contributed by atoms with Crippen molar-refractivity contribution in [2.75, 3.05) is 0 Å². The monoisotopic (exact) mass is 366 g/mol. The van der Waals surface area contributed by atoms with Crippen LogP contribution >= 0.6 is 0 Å². The van der Waals surface area contributed by atoms with E-state index in [9.17, 15) is 14.0 Å². The first-order valence-corrected chi connectivity index (χ1v) is 7.94. The minimum Gasteiger partial charge on any atom is -0.423 e. The van der Waals surface area contributed by atoms with E-state index in [-0.39, 0.29) is 11.3 Å². The summed E-state index contributed by atoms with van der Waals surface area (Å²) >= 11 is 0. The van der Waals surface area contributed by atoms with Crippen molar-refractivity contribution < 1.29 is 18.7 Å². The number of nitrogens with zero attached hydrogens (tertiary/aromatic N) is 2. The summed E-state index contributed by atoms with van der Waals surface area (Å²) in [5.41, 5.74) is 4.17. The van der Waals surface area contributed by atoms with Crippen LogP contribution in [0, 0.1) is 12.7 Å². The minimum atomic E-state index is -0.655. The van der Waals surface area contributed by atoms with Gasteiger partial charge in [-0.25, -0.2) is 14.6 Å². The molecule has 0 spiro atoms. The smallest absolute Gasteiger partial charge is 0.343 e. The van der Waals surface area contributed by atoms with Crippen LogP contribution in [0.1, 0.15) is 32.1 Å². The first-order valence-electron chi connectivity index (χ1n) is 7.94. The molecule has 1 heterocycles. The minimum absolute atomic E-state index is 0.122. The first-order chi connectivity index (χ1) is 13.0. The van der Waals surface area contributed by atoms with Crippen LogP contribution in [0.5, 0.6) is 5.75 Å². The fraction of sp³-hybridized carbons (Fsp3) is 0.0526. The SMILES string of the molecule is Cc1cc(C(=O)N/N=C\c2ccc(OC(=O)c3cccc(F)c3)cc2)n[nH]1. The fourth-order valence-corrected chi connectivity index (χ4v) is 2.16. The molecular formula is C19H15FN4O3. The molecule has 0 radical (unpaired) electrons. The summed E-state index contributed by atoms with van der Waals surface area (Å²) in [5.74, 6) is -1.30. The van der Waals surface area contributed by atoms with Gasteiger partial charge in [-0.1, -0.05) is 6.07 Å². The van der Waals surface area contributed by atoms with E-state index < -0.39 is 17.7 Å². The number of hydrogen-bond donors (Lipinski definition) is 2. The number of hydrogen-bond acceptors (Lipinski definition) is 5. The van der Waals surface area contributed by atoms with Gasteiger partial charge < -0.3 is 4.74 Å². The predicted octanol–water partition coefficient (Wildman–Crippen LogP) is 2.84. The maximum absolute atomic E-state index is 13.1. The molecule has 8 heteroatoms. The van der Waals surface area contributed by atoms with Crippen LogP contribution in [0.4, 0.5) is 4.39 Å². The number of aryl methyl sites for hydroxylation is 1. The molecule has 0 saturated carbocycles. The number of ether oxygens (including phenoxy) is 1. The van der Waals surface area contributed by atoms with Gasteiger partial charge in [0, 0.05) is 5.69 Å². The van der Waals surface area contributed by atoms with E-state index in [2.05, 4.69) is 20.7 Å². The molecule has 2 N–H and O–H groups in total. The Morgan fingerprint density at radius 3 is 2.63 bits per heavy atom. The number of aromatic nitrogens is 2. The molecule has 136 valence electrons. The highest BCUT2D eigenvalue weighted by Gasteiger charge is 2.09. The second-order valence-electron chi connectivity index (χ2n) is 5.60. The lowest BCUT2D eigenvalue weighted by Gasteiger charge is -2.04. The van der Waals surface area contributed by atoms with Crippen LogP contribution < -0.4 is 10.2 Å². The Balaban J connectivity index is 1.57. The van der Waals surface area contributed by atoms with E-state index in [0.29, 0.717) is 11.3 Å². The number of halogens is 1. The van der Waals surface area contributed by atoms with Gasteiger partial charge in [0.05, 0.1) is 11.8 Å². The second-order valence-corrected chi connectivity index (χ2v) is 5.60. The van der Waals surface area contributed by atoms with Gasteiger partial charge in [0.25, 0.3) is 5.91 Å². The molecule has 0 saturated heterocycles. The van der Waals surface area contributed by atoms with Crippen LogP contribution in [0.2, 0.25) is 0 Å². The third kappa shape index (κ3) is 4.85. The fourth-order valence-electron chi connectivity index (χ4n) is 2.16. The van der Waals surface area contributed by atoms with Gasteiger partial charge in [0.1, 0.15) is 11.6 Å². The molecule has 0 fully saturated rings. The number of carbonyl (C=O) groups excluding carboxylic acids is 2. The molecule has 0 bridgehead atoms. The zero-order valence-corrected chi connectivity index (χ0v) is 14.3. The van der Waals surface area contributed by atoms with Crippen molar-refractivity contribution in [1.82, 2.24) is 15.6 Å². The number of rotatable bonds is 5. The highest BCUT2D eigenvalue weighted by molar-refractivity contribution is 5.93. The zero-order valence-electron chi connectivity index (χ0n) is 14.3. The van der Waals surface area contributed by atoms with Gasteiger partial charge in [-0.15, -0.1) is 0 Å². The van der Waals surface area contributed by atoms with Crippen LogP contribution in [0.3, 0.4) is 0 Å². The van der Waals surface area contributed by atoms with Crippen LogP contribution in [0.15, 0.2) is 59.7 Å². The molecule has 0 unspecified atom stereocenters. The highest BCUT2D eigenvalue weighted by atomic mass is 19.1. The number of esters is 1. The zero-order chi connectivity index (χ0) is 19.2. The summed E-state index contributed by atoms with van der Waals surface area (Å²) in [4.78, 5) is 23.8. The number of H-pyrrole nitrogens is 1. The van der Waals surface area contributed by atoms with E-state index in [0.717, 1.165) is 11.8 Å².